The molecule has 0 saturated carbocycles. The first-order valence-corrected chi connectivity index (χ1v) is 11.6. The van der Waals surface area contributed by atoms with Gasteiger partial charge >= 0.3 is 0 Å². The number of ketones is 2. The van der Waals surface area contributed by atoms with Gasteiger partial charge in [0, 0.05) is 24.7 Å². The highest BCUT2D eigenvalue weighted by Crippen LogP contribution is 2.20. The van der Waals surface area contributed by atoms with Crippen molar-refractivity contribution < 1.29 is 9.59 Å². The number of hydrogen-bond donors (Lipinski definition) is 0. The second kappa shape index (κ2) is 17.7. The summed E-state index contributed by atoms with van der Waals surface area (Å²) < 4.78 is 0. The highest BCUT2D eigenvalue weighted by Gasteiger charge is 2.24. The van der Waals surface area contributed by atoms with Gasteiger partial charge in [-0.25, -0.2) is 0 Å². The van der Waals surface area contributed by atoms with E-state index >= 15 is 0 Å². The van der Waals surface area contributed by atoms with E-state index in [0.29, 0.717) is 24.4 Å². The van der Waals surface area contributed by atoms with Crippen LogP contribution in [0, 0.1) is 11.8 Å². The van der Waals surface area contributed by atoms with E-state index in [-0.39, 0.29) is 11.8 Å². The van der Waals surface area contributed by atoms with E-state index in [1.807, 2.05) is 13.8 Å². The molecule has 2 nitrogen and oxygen atoms in total. The Balaban J connectivity index is 3.78. The number of Topliss-reactive ketones (excluding diaryl/α,β-unsaturated/α-hetero) is 2. The molecular formula is C24H46O2. The molecule has 0 amide bonds. The van der Waals surface area contributed by atoms with Crippen molar-refractivity contribution in [2.45, 2.75) is 130 Å². The van der Waals surface area contributed by atoms with Crippen LogP contribution in [0.2, 0.25) is 0 Å². The predicted molar refractivity (Wildman–Crippen MR) is 114 cm³/mol. The molecule has 0 N–H and O–H groups in total. The summed E-state index contributed by atoms with van der Waals surface area (Å²) in [5, 5.41) is 0. The Kier molecular flexibility index (Phi) is 17.3. The zero-order chi connectivity index (χ0) is 19.6. The van der Waals surface area contributed by atoms with Crippen LogP contribution in [0.15, 0.2) is 0 Å². The SMILES string of the molecule is CCCCCCCCCC(=O)C(C)C(C)C(=O)CCCCCCCCC. The van der Waals surface area contributed by atoms with Gasteiger partial charge in [-0.15, -0.1) is 0 Å². The molecule has 26 heavy (non-hydrogen) atoms. The van der Waals surface area contributed by atoms with E-state index in [0.717, 1.165) is 25.7 Å². The molecule has 0 fully saturated rings. The van der Waals surface area contributed by atoms with Crippen molar-refractivity contribution in [3.63, 3.8) is 0 Å². The number of hydrogen-bond acceptors (Lipinski definition) is 2. The quantitative estimate of drug-likeness (QED) is 0.220. The summed E-state index contributed by atoms with van der Waals surface area (Å²) in [5.41, 5.74) is 0. The molecule has 2 unspecified atom stereocenters. The van der Waals surface area contributed by atoms with Crippen LogP contribution >= 0.6 is 0 Å². The molecule has 2 heteroatoms. The largest absolute Gasteiger partial charge is 0.299 e. The van der Waals surface area contributed by atoms with Crippen LogP contribution in [-0.2, 0) is 9.59 Å². The van der Waals surface area contributed by atoms with E-state index in [1.54, 1.807) is 0 Å². The molecule has 0 aliphatic heterocycles. The molecule has 0 aliphatic carbocycles. The number of carbonyl (C=O) groups excluding carboxylic acids is 2. The summed E-state index contributed by atoms with van der Waals surface area (Å²) in [6, 6.07) is 0. The first kappa shape index (κ1) is 25.3. The van der Waals surface area contributed by atoms with Gasteiger partial charge < -0.3 is 0 Å². The van der Waals surface area contributed by atoms with Crippen molar-refractivity contribution in [2.75, 3.05) is 0 Å². The van der Waals surface area contributed by atoms with Crippen LogP contribution in [0.4, 0.5) is 0 Å². The smallest absolute Gasteiger partial charge is 0.136 e. The normalized spacial score (nSPS) is 13.5. The molecule has 0 aromatic heterocycles. The summed E-state index contributed by atoms with van der Waals surface area (Å²) in [7, 11) is 0. The number of rotatable bonds is 19. The molecule has 0 rings (SSSR count). The van der Waals surface area contributed by atoms with Crippen LogP contribution in [0.25, 0.3) is 0 Å². The third-order valence-corrected chi connectivity index (χ3v) is 5.82. The highest BCUT2D eigenvalue weighted by atomic mass is 16.1. The molecule has 0 bridgehead atoms. The Morgan fingerprint density at radius 2 is 0.769 bits per heavy atom. The lowest BCUT2D eigenvalue weighted by atomic mass is 9.85. The standard InChI is InChI=1S/C24H46O2/c1-5-7-9-11-13-15-17-19-23(25)21(3)22(4)24(26)20-18-16-14-12-10-8-6-2/h21-22H,5-20H2,1-4H3. The number of carbonyl (C=O) groups is 2. The van der Waals surface area contributed by atoms with Crippen LogP contribution in [0.5, 0.6) is 0 Å². The van der Waals surface area contributed by atoms with Gasteiger partial charge in [-0.1, -0.05) is 105 Å². The maximum atomic E-state index is 12.3. The average molecular weight is 367 g/mol. The minimum Gasteiger partial charge on any atom is -0.299 e. The maximum absolute atomic E-state index is 12.3. The summed E-state index contributed by atoms with van der Waals surface area (Å²) in [6.45, 7) is 8.38. The minimum absolute atomic E-state index is 0.104. The highest BCUT2D eigenvalue weighted by molar-refractivity contribution is 5.89. The van der Waals surface area contributed by atoms with Crippen molar-refractivity contribution in [1.82, 2.24) is 0 Å². The second-order valence-electron chi connectivity index (χ2n) is 8.25. The van der Waals surface area contributed by atoms with Crippen LogP contribution < -0.4 is 0 Å². The van der Waals surface area contributed by atoms with E-state index < -0.39 is 0 Å². The van der Waals surface area contributed by atoms with Gasteiger partial charge in [0.15, 0.2) is 0 Å². The van der Waals surface area contributed by atoms with Crippen LogP contribution in [0.1, 0.15) is 130 Å². The summed E-state index contributed by atoms with van der Waals surface area (Å²) in [4.78, 5) is 24.7. The van der Waals surface area contributed by atoms with Crippen molar-refractivity contribution in [1.29, 1.82) is 0 Å². The second-order valence-corrected chi connectivity index (χ2v) is 8.25. The fraction of sp³-hybridized carbons (Fsp3) is 0.917. The van der Waals surface area contributed by atoms with E-state index in [1.165, 1.54) is 64.2 Å². The van der Waals surface area contributed by atoms with E-state index in [9.17, 15) is 9.59 Å². The van der Waals surface area contributed by atoms with Gasteiger partial charge in [0.05, 0.1) is 0 Å². The molecule has 0 aliphatic rings. The molecule has 0 spiro atoms. The monoisotopic (exact) mass is 366 g/mol. The Morgan fingerprint density at radius 3 is 1.08 bits per heavy atom. The molecular weight excluding hydrogens is 320 g/mol. The minimum atomic E-state index is -0.104. The Labute approximate surface area is 163 Å². The lowest BCUT2D eigenvalue weighted by Crippen LogP contribution is -2.25. The van der Waals surface area contributed by atoms with E-state index in [2.05, 4.69) is 13.8 Å². The summed E-state index contributed by atoms with van der Waals surface area (Å²) >= 11 is 0. The lowest BCUT2D eigenvalue weighted by molar-refractivity contribution is -0.131. The molecule has 0 aromatic carbocycles. The first-order valence-electron chi connectivity index (χ1n) is 11.6. The Morgan fingerprint density at radius 1 is 0.500 bits per heavy atom. The third kappa shape index (κ3) is 13.5. The van der Waals surface area contributed by atoms with Crippen molar-refractivity contribution in [2.24, 2.45) is 11.8 Å². The lowest BCUT2D eigenvalue weighted by Gasteiger charge is -2.18. The molecule has 154 valence electrons. The third-order valence-electron chi connectivity index (χ3n) is 5.82. The van der Waals surface area contributed by atoms with Crippen LogP contribution in [-0.4, -0.2) is 11.6 Å². The number of unbranched alkanes of at least 4 members (excludes halogenated alkanes) is 12. The average Bonchev–Trinajstić information content (AvgIpc) is 2.64. The Bertz CT molecular complexity index is 314. The summed E-state index contributed by atoms with van der Waals surface area (Å²) in [5.74, 6) is 0.372. The van der Waals surface area contributed by atoms with Gasteiger partial charge in [0.25, 0.3) is 0 Å². The maximum Gasteiger partial charge on any atom is 0.136 e. The van der Waals surface area contributed by atoms with Gasteiger partial charge in [-0.3, -0.25) is 9.59 Å². The predicted octanol–water partition coefficient (Wildman–Crippen LogP) is 7.68. The zero-order valence-corrected chi connectivity index (χ0v) is 18.3. The zero-order valence-electron chi connectivity index (χ0n) is 18.3. The van der Waals surface area contributed by atoms with Gasteiger partial charge in [0.1, 0.15) is 11.6 Å². The van der Waals surface area contributed by atoms with Gasteiger partial charge in [0.2, 0.25) is 0 Å². The van der Waals surface area contributed by atoms with Crippen molar-refractivity contribution >= 4 is 11.6 Å². The van der Waals surface area contributed by atoms with Crippen molar-refractivity contribution in [3.8, 4) is 0 Å². The van der Waals surface area contributed by atoms with Crippen LogP contribution in [0.3, 0.4) is 0 Å². The first-order chi connectivity index (χ1) is 12.5. The van der Waals surface area contributed by atoms with Gasteiger partial charge in [-0.2, -0.15) is 0 Å². The topological polar surface area (TPSA) is 34.1 Å². The van der Waals surface area contributed by atoms with Gasteiger partial charge in [-0.05, 0) is 12.8 Å². The Hall–Kier alpha value is -0.660. The molecule has 2 atom stereocenters. The fourth-order valence-electron chi connectivity index (χ4n) is 3.53. The summed E-state index contributed by atoms with van der Waals surface area (Å²) in [6.07, 6.45) is 18.6. The molecule has 0 radical (unpaired) electrons. The molecule has 0 saturated heterocycles. The van der Waals surface area contributed by atoms with E-state index in [4.69, 9.17) is 0 Å². The fourth-order valence-corrected chi connectivity index (χ4v) is 3.53. The molecule has 0 heterocycles. The van der Waals surface area contributed by atoms with Crippen molar-refractivity contribution in [3.05, 3.63) is 0 Å². The molecule has 0 aromatic rings.